The van der Waals surface area contributed by atoms with Gasteiger partial charge >= 0.3 is 6.09 Å². The number of hydrogen-bond donors (Lipinski definition) is 2. The van der Waals surface area contributed by atoms with Gasteiger partial charge in [-0.2, -0.15) is 0 Å². The number of nitrogens with one attached hydrogen (secondary N) is 2. The topological polar surface area (TPSA) is 87.7 Å². The molecule has 4 rings (SSSR count). The highest BCUT2D eigenvalue weighted by molar-refractivity contribution is 6.31. The van der Waals surface area contributed by atoms with E-state index < -0.39 is 18.2 Å². The Morgan fingerprint density at radius 1 is 1.03 bits per heavy atom. The second-order valence-corrected chi connectivity index (χ2v) is 10.0. The zero-order valence-electron chi connectivity index (χ0n) is 21.0. The third-order valence-electron chi connectivity index (χ3n) is 6.07. The second kappa shape index (κ2) is 11.5. The molecule has 0 bridgehead atoms. The van der Waals surface area contributed by atoms with Crippen LogP contribution in [0.2, 0.25) is 5.02 Å². The Morgan fingerprint density at radius 3 is 2.46 bits per heavy atom. The molecule has 0 spiro atoms. The van der Waals surface area contributed by atoms with Crippen molar-refractivity contribution in [3.63, 3.8) is 0 Å². The van der Waals surface area contributed by atoms with E-state index >= 15 is 0 Å². The molecule has 2 N–H and O–H groups in total. The largest absolute Gasteiger partial charge is 0.438 e. The lowest BCUT2D eigenvalue weighted by Gasteiger charge is -2.25. The third kappa shape index (κ3) is 6.49. The average Bonchev–Trinajstić information content (AvgIpc) is 3.20. The Hall–Kier alpha value is -3.84. The maximum Gasteiger partial charge on any atom is 0.411 e. The lowest BCUT2D eigenvalue weighted by atomic mass is 9.99. The average molecular weight is 520 g/mol. The van der Waals surface area contributed by atoms with Gasteiger partial charge in [0.25, 0.3) is 5.91 Å². The Kier molecular flexibility index (Phi) is 8.14. The number of carbonyl (C=O) groups is 3. The van der Waals surface area contributed by atoms with E-state index in [2.05, 4.69) is 10.6 Å². The van der Waals surface area contributed by atoms with Gasteiger partial charge in [-0.3, -0.25) is 14.5 Å². The molecule has 1 fully saturated rings. The number of cyclic esters (lactones) is 1. The minimum Gasteiger partial charge on any atom is -0.438 e. The van der Waals surface area contributed by atoms with E-state index in [4.69, 9.17) is 16.3 Å². The van der Waals surface area contributed by atoms with E-state index in [1.54, 1.807) is 48.5 Å². The van der Waals surface area contributed by atoms with Gasteiger partial charge in [0, 0.05) is 22.8 Å². The quantitative estimate of drug-likeness (QED) is 0.397. The molecule has 0 saturated carbocycles. The van der Waals surface area contributed by atoms with Gasteiger partial charge < -0.3 is 15.4 Å². The molecule has 2 atom stereocenters. The number of carbonyl (C=O) groups excluding carboxylic acids is 3. The molecule has 1 aliphatic rings. The monoisotopic (exact) mass is 519 g/mol. The van der Waals surface area contributed by atoms with Gasteiger partial charge in [0.1, 0.15) is 0 Å². The lowest BCUT2D eigenvalue weighted by molar-refractivity contribution is -0.126. The van der Waals surface area contributed by atoms with Crippen molar-refractivity contribution in [2.24, 2.45) is 5.92 Å². The lowest BCUT2D eigenvalue weighted by Crippen LogP contribution is -2.47. The number of amides is 3. The fourth-order valence-corrected chi connectivity index (χ4v) is 4.33. The summed E-state index contributed by atoms with van der Waals surface area (Å²) < 4.78 is 5.75. The number of anilines is 1. The highest BCUT2D eigenvalue weighted by atomic mass is 35.5. The van der Waals surface area contributed by atoms with Gasteiger partial charge in [-0.25, -0.2) is 4.79 Å². The molecule has 8 heteroatoms. The van der Waals surface area contributed by atoms with Crippen molar-refractivity contribution in [3.05, 3.63) is 100 Å². The van der Waals surface area contributed by atoms with Crippen LogP contribution in [0.1, 0.15) is 47.0 Å². The molecule has 3 aromatic rings. The highest BCUT2D eigenvalue weighted by Crippen LogP contribution is 2.35. The summed E-state index contributed by atoms with van der Waals surface area (Å²) >= 11 is 6.02. The summed E-state index contributed by atoms with van der Waals surface area (Å²) in [5.74, 6) is -0.365. The molecular formula is C29H30ClN3O4. The number of rotatable bonds is 8. The Bertz CT molecular complexity index is 1290. The Morgan fingerprint density at radius 2 is 1.76 bits per heavy atom. The minimum atomic E-state index is -0.869. The first-order valence-corrected chi connectivity index (χ1v) is 12.6. The van der Waals surface area contributed by atoms with Gasteiger partial charge in [-0.15, -0.1) is 0 Å². The molecule has 37 heavy (non-hydrogen) atoms. The fraction of sp³-hybridized carbons (Fsp3) is 0.276. The predicted molar refractivity (Wildman–Crippen MR) is 143 cm³/mol. The van der Waals surface area contributed by atoms with Crippen LogP contribution in [0.4, 0.5) is 10.5 Å². The number of ether oxygens (including phenoxy) is 1. The summed E-state index contributed by atoms with van der Waals surface area (Å²) in [6.45, 7) is 6.71. The smallest absolute Gasteiger partial charge is 0.411 e. The van der Waals surface area contributed by atoms with Gasteiger partial charge in [-0.05, 0) is 54.3 Å². The van der Waals surface area contributed by atoms with Crippen molar-refractivity contribution >= 4 is 35.2 Å². The van der Waals surface area contributed by atoms with E-state index in [-0.39, 0.29) is 24.3 Å². The third-order valence-corrected chi connectivity index (χ3v) is 6.31. The molecular weight excluding hydrogens is 490 g/mol. The van der Waals surface area contributed by atoms with E-state index in [0.717, 1.165) is 11.1 Å². The fourth-order valence-electron chi connectivity index (χ4n) is 4.14. The Balaban J connectivity index is 1.60. The molecule has 0 aromatic heterocycles. The van der Waals surface area contributed by atoms with Gasteiger partial charge in [0.2, 0.25) is 5.91 Å². The SMILES string of the molecule is Cc1ccc(CN2C(=O)O[C@@H](c3cccc(NC(=O)c4cccc(Cl)c4)c3)[C@H]2C(=O)NCC(C)C)cc1. The molecule has 0 unspecified atom stereocenters. The summed E-state index contributed by atoms with van der Waals surface area (Å²) in [5.41, 5.74) is 3.53. The van der Waals surface area contributed by atoms with Crippen LogP contribution in [-0.2, 0) is 16.1 Å². The summed E-state index contributed by atoms with van der Waals surface area (Å²) in [5, 5.41) is 6.26. The van der Waals surface area contributed by atoms with Crippen LogP contribution >= 0.6 is 11.6 Å². The molecule has 0 radical (unpaired) electrons. The summed E-state index contributed by atoms with van der Waals surface area (Å²) in [4.78, 5) is 40.5. The van der Waals surface area contributed by atoms with Crippen molar-refractivity contribution in [2.45, 2.75) is 39.5 Å². The predicted octanol–water partition coefficient (Wildman–Crippen LogP) is 5.74. The summed E-state index contributed by atoms with van der Waals surface area (Å²) in [6.07, 6.45) is -1.41. The van der Waals surface area contributed by atoms with Crippen molar-refractivity contribution in [1.82, 2.24) is 10.2 Å². The first-order chi connectivity index (χ1) is 17.7. The maximum absolute atomic E-state index is 13.3. The van der Waals surface area contributed by atoms with Crippen LogP contribution in [-0.4, -0.2) is 35.4 Å². The van der Waals surface area contributed by atoms with Crippen LogP contribution < -0.4 is 10.6 Å². The standard InChI is InChI=1S/C29H30ClN3O4/c1-18(2)16-31-28(35)25-26(37-29(36)33(25)17-20-12-10-19(3)11-13-20)21-6-5-9-24(15-21)32-27(34)22-7-4-8-23(30)14-22/h4-15,18,25-26H,16-17H2,1-3H3,(H,31,35)(H,32,34)/t25-,26-/m0/s1. The van der Waals surface area contributed by atoms with Crippen molar-refractivity contribution < 1.29 is 19.1 Å². The van der Waals surface area contributed by atoms with Gasteiger partial charge in [-0.1, -0.05) is 73.5 Å². The van der Waals surface area contributed by atoms with E-state index in [0.29, 0.717) is 28.4 Å². The normalized spacial score (nSPS) is 17.0. The van der Waals surface area contributed by atoms with E-state index in [1.165, 1.54) is 4.90 Å². The Labute approximate surface area is 221 Å². The molecule has 0 aliphatic carbocycles. The first kappa shape index (κ1) is 26.2. The summed E-state index contributed by atoms with van der Waals surface area (Å²) in [6, 6.07) is 20.6. The molecule has 192 valence electrons. The van der Waals surface area contributed by atoms with Crippen LogP contribution in [0.3, 0.4) is 0 Å². The van der Waals surface area contributed by atoms with Crippen molar-refractivity contribution in [2.75, 3.05) is 11.9 Å². The molecule has 1 saturated heterocycles. The number of nitrogens with zero attached hydrogens (tertiary/aromatic N) is 1. The maximum atomic E-state index is 13.3. The van der Waals surface area contributed by atoms with Crippen LogP contribution in [0, 0.1) is 12.8 Å². The number of hydrogen-bond acceptors (Lipinski definition) is 4. The van der Waals surface area contributed by atoms with Crippen LogP contribution in [0.5, 0.6) is 0 Å². The summed E-state index contributed by atoms with van der Waals surface area (Å²) in [7, 11) is 0. The van der Waals surface area contributed by atoms with Crippen molar-refractivity contribution in [1.29, 1.82) is 0 Å². The number of halogens is 1. The molecule has 7 nitrogen and oxygen atoms in total. The highest BCUT2D eigenvalue weighted by Gasteiger charge is 2.47. The van der Waals surface area contributed by atoms with Crippen LogP contribution in [0.25, 0.3) is 0 Å². The molecule has 1 heterocycles. The first-order valence-electron chi connectivity index (χ1n) is 12.2. The van der Waals surface area contributed by atoms with E-state index in [9.17, 15) is 14.4 Å². The zero-order chi connectivity index (χ0) is 26.5. The van der Waals surface area contributed by atoms with Gasteiger partial charge in [0.05, 0.1) is 6.54 Å². The van der Waals surface area contributed by atoms with Crippen LogP contribution in [0.15, 0.2) is 72.8 Å². The molecule has 3 amide bonds. The minimum absolute atomic E-state index is 0.237. The number of benzene rings is 3. The van der Waals surface area contributed by atoms with Crippen molar-refractivity contribution in [3.8, 4) is 0 Å². The second-order valence-electron chi connectivity index (χ2n) is 9.59. The molecule has 3 aromatic carbocycles. The van der Waals surface area contributed by atoms with Gasteiger partial charge in [0.15, 0.2) is 12.1 Å². The molecule has 1 aliphatic heterocycles. The van der Waals surface area contributed by atoms with E-state index in [1.807, 2.05) is 45.0 Å². The number of aryl methyl sites for hydroxylation is 1. The zero-order valence-corrected chi connectivity index (χ0v) is 21.8.